The lowest BCUT2D eigenvalue weighted by Gasteiger charge is -2.39. The van der Waals surface area contributed by atoms with E-state index in [9.17, 15) is 9.59 Å². The molecule has 19 heavy (non-hydrogen) atoms. The second-order valence-electron chi connectivity index (χ2n) is 4.70. The van der Waals surface area contributed by atoms with Crippen molar-refractivity contribution in [3.05, 3.63) is 0 Å². The summed E-state index contributed by atoms with van der Waals surface area (Å²) in [5, 5.41) is 0. The lowest BCUT2D eigenvalue weighted by atomic mass is 9.92. The van der Waals surface area contributed by atoms with Gasteiger partial charge >= 0.3 is 5.97 Å². The van der Waals surface area contributed by atoms with Gasteiger partial charge in [0.2, 0.25) is 5.91 Å². The number of nitrogens with zero attached hydrogens (tertiary/aromatic N) is 1. The van der Waals surface area contributed by atoms with Crippen LogP contribution in [0.25, 0.3) is 0 Å². The van der Waals surface area contributed by atoms with E-state index in [4.69, 9.17) is 10.5 Å². The molecule has 0 spiro atoms. The largest absolute Gasteiger partial charge is 0.464 e. The van der Waals surface area contributed by atoms with E-state index >= 15 is 0 Å². The van der Waals surface area contributed by atoms with E-state index in [-0.39, 0.29) is 11.9 Å². The molecule has 1 aliphatic rings. The predicted molar refractivity (Wildman–Crippen MR) is 77.0 cm³/mol. The molecular weight excluding hydrogens is 264 g/mol. The van der Waals surface area contributed by atoms with Crippen molar-refractivity contribution in [1.29, 1.82) is 0 Å². The summed E-state index contributed by atoms with van der Waals surface area (Å²) < 4.78 is 5.05. The van der Waals surface area contributed by atoms with Crippen LogP contribution in [-0.4, -0.2) is 53.0 Å². The molecule has 1 aliphatic heterocycles. The minimum Gasteiger partial charge on any atom is -0.464 e. The van der Waals surface area contributed by atoms with Crippen LogP contribution in [0.4, 0.5) is 0 Å². The van der Waals surface area contributed by atoms with Crippen LogP contribution in [0.3, 0.4) is 0 Å². The topological polar surface area (TPSA) is 72.6 Å². The molecule has 1 saturated heterocycles. The highest BCUT2D eigenvalue weighted by molar-refractivity contribution is 7.99. The summed E-state index contributed by atoms with van der Waals surface area (Å²) in [5.41, 5.74) is 5.29. The Balaban J connectivity index is 2.87. The van der Waals surface area contributed by atoms with Crippen molar-refractivity contribution in [2.45, 2.75) is 45.2 Å². The van der Waals surface area contributed by atoms with Crippen LogP contribution in [0.2, 0.25) is 0 Å². The van der Waals surface area contributed by atoms with Crippen molar-refractivity contribution in [3.8, 4) is 0 Å². The number of nitrogens with two attached hydrogens (primary N) is 1. The number of ether oxygens (including phenoxy) is 1. The lowest BCUT2D eigenvalue weighted by molar-refractivity contribution is -0.155. The monoisotopic (exact) mass is 288 g/mol. The third kappa shape index (κ3) is 3.63. The summed E-state index contributed by atoms with van der Waals surface area (Å²) in [6, 6.07) is -0.493. The fraction of sp³-hybridized carbons (Fsp3) is 0.846. The first kappa shape index (κ1) is 16.3. The third-order valence-electron chi connectivity index (χ3n) is 3.64. The maximum Gasteiger partial charge on any atom is 0.329 e. The first-order chi connectivity index (χ1) is 9.00. The maximum atomic E-state index is 12.6. The number of carbonyl (C=O) groups is 2. The average Bonchev–Trinajstić information content (AvgIpc) is 2.45. The highest BCUT2D eigenvalue weighted by Gasteiger charge is 2.41. The molecule has 0 bridgehead atoms. The minimum atomic E-state index is -0.868. The second-order valence-corrected chi connectivity index (χ2v) is 5.85. The zero-order chi connectivity index (χ0) is 14.5. The molecule has 0 aromatic carbocycles. The van der Waals surface area contributed by atoms with E-state index in [0.717, 1.165) is 5.75 Å². The summed E-state index contributed by atoms with van der Waals surface area (Å²) in [4.78, 5) is 26.1. The van der Waals surface area contributed by atoms with Gasteiger partial charge in [0, 0.05) is 18.1 Å². The van der Waals surface area contributed by atoms with Gasteiger partial charge in [-0.3, -0.25) is 4.79 Å². The highest BCUT2D eigenvalue weighted by atomic mass is 32.2. The smallest absolute Gasteiger partial charge is 0.329 e. The van der Waals surface area contributed by atoms with E-state index in [2.05, 4.69) is 0 Å². The summed E-state index contributed by atoms with van der Waals surface area (Å²) in [6.45, 7) is 6.47. The maximum absolute atomic E-state index is 12.6. The minimum absolute atomic E-state index is 0.129. The summed E-state index contributed by atoms with van der Waals surface area (Å²) >= 11 is 1.67. The summed E-state index contributed by atoms with van der Waals surface area (Å²) in [6.07, 6.45) is 1.14. The van der Waals surface area contributed by atoms with Crippen LogP contribution >= 0.6 is 11.8 Å². The lowest BCUT2D eigenvalue weighted by Crippen LogP contribution is -2.61. The third-order valence-corrected chi connectivity index (χ3v) is 4.66. The highest BCUT2D eigenvalue weighted by Crippen LogP contribution is 2.23. The van der Waals surface area contributed by atoms with E-state index in [1.807, 2.05) is 13.8 Å². The summed E-state index contributed by atoms with van der Waals surface area (Å²) in [5.74, 6) is 0.979. The molecule has 1 fully saturated rings. The SMILES string of the molecule is CCOC(=O)C1CSCCN1C(=O)C(N)(CC)CC. The molecule has 5 nitrogen and oxygen atoms in total. The molecule has 0 aliphatic carbocycles. The molecule has 2 N–H and O–H groups in total. The van der Waals surface area contributed by atoms with Gasteiger partial charge < -0.3 is 15.4 Å². The van der Waals surface area contributed by atoms with Crippen LogP contribution in [0.1, 0.15) is 33.6 Å². The Hall–Kier alpha value is -0.750. The molecule has 6 heteroatoms. The molecule has 110 valence electrons. The number of rotatable bonds is 5. The average molecular weight is 288 g/mol. The van der Waals surface area contributed by atoms with Gasteiger partial charge in [-0.1, -0.05) is 13.8 Å². The van der Waals surface area contributed by atoms with Crippen LogP contribution in [0.15, 0.2) is 0 Å². The van der Waals surface area contributed by atoms with Gasteiger partial charge in [0.1, 0.15) is 6.04 Å². The van der Waals surface area contributed by atoms with Gasteiger partial charge in [-0.25, -0.2) is 4.79 Å². The number of thioether (sulfide) groups is 1. The van der Waals surface area contributed by atoms with Crippen molar-refractivity contribution in [3.63, 3.8) is 0 Å². The zero-order valence-corrected chi connectivity index (χ0v) is 12.8. The van der Waals surface area contributed by atoms with Crippen LogP contribution in [0.5, 0.6) is 0 Å². The first-order valence-corrected chi connectivity index (χ1v) is 8.00. The van der Waals surface area contributed by atoms with Gasteiger partial charge in [-0.05, 0) is 19.8 Å². The van der Waals surface area contributed by atoms with Gasteiger partial charge in [0.25, 0.3) is 0 Å². The van der Waals surface area contributed by atoms with Crippen LogP contribution in [0, 0.1) is 0 Å². The van der Waals surface area contributed by atoms with Gasteiger partial charge in [-0.2, -0.15) is 11.8 Å². The Labute approximate surface area is 119 Å². The van der Waals surface area contributed by atoms with Gasteiger partial charge in [0.15, 0.2) is 0 Å². The summed E-state index contributed by atoms with van der Waals surface area (Å²) in [7, 11) is 0. The Morgan fingerprint density at radius 2 is 2.00 bits per heavy atom. The Kier molecular flexibility index (Phi) is 6.13. The van der Waals surface area contributed by atoms with Crippen molar-refractivity contribution < 1.29 is 14.3 Å². The standard InChI is InChI=1S/C13H24N2O3S/c1-4-13(14,5-2)12(17)15-7-8-19-9-10(15)11(16)18-6-3/h10H,4-9,14H2,1-3H3. The number of amides is 1. The van der Waals surface area contributed by atoms with Crippen molar-refractivity contribution in [2.24, 2.45) is 5.73 Å². The Morgan fingerprint density at radius 3 is 2.53 bits per heavy atom. The fourth-order valence-electron chi connectivity index (χ4n) is 2.12. The van der Waals surface area contributed by atoms with E-state index in [1.165, 1.54) is 0 Å². The molecule has 0 aromatic heterocycles. The number of hydrogen-bond donors (Lipinski definition) is 1. The number of esters is 1. The fourth-order valence-corrected chi connectivity index (χ4v) is 3.15. The molecule has 1 heterocycles. The molecule has 0 aromatic rings. The van der Waals surface area contributed by atoms with Crippen molar-refractivity contribution in [1.82, 2.24) is 4.90 Å². The van der Waals surface area contributed by atoms with Crippen molar-refractivity contribution >= 4 is 23.6 Å². The molecular formula is C13H24N2O3S. The Morgan fingerprint density at radius 1 is 1.37 bits per heavy atom. The van der Waals surface area contributed by atoms with Crippen LogP contribution < -0.4 is 5.73 Å². The predicted octanol–water partition coefficient (Wildman–Crippen LogP) is 1.01. The van der Waals surface area contributed by atoms with Gasteiger partial charge in [0.05, 0.1) is 12.1 Å². The number of carbonyl (C=O) groups excluding carboxylic acids is 2. The second kappa shape index (κ2) is 7.14. The molecule has 0 radical (unpaired) electrons. The first-order valence-electron chi connectivity index (χ1n) is 6.84. The van der Waals surface area contributed by atoms with Crippen molar-refractivity contribution in [2.75, 3.05) is 24.7 Å². The molecule has 1 amide bonds. The normalized spacial score (nSPS) is 20.2. The zero-order valence-electron chi connectivity index (χ0n) is 12.0. The molecule has 1 atom stereocenters. The molecule has 0 saturated carbocycles. The van der Waals surface area contributed by atoms with E-state index in [0.29, 0.717) is 31.7 Å². The molecule has 1 rings (SSSR count). The molecule has 1 unspecified atom stereocenters. The van der Waals surface area contributed by atoms with Gasteiger partial charge in [-0.15, -0.1) is 0 Å². The Bertz CT molecular complexity index is 332. The quantitative estimate of drug-likeness (QED) is 0.764. The van der Waals surface area contributed by atoms with Crippen LogP contribution in [-0.2, 0) is 14.3 Å². The van der Waals surface area contributed by atoms with E-state index in [1.54, 1.807) is 23.6 Å². The van der Waals surface area contributed by atoms with E-state index < -0.39 is 11.6 Å². The number of hydrogen-bond acceptors (Lipinski definition) is 5.